The van der Waals surface area contributed by atoms with Crippen molar-refractivity contribution in [3.63, 3.8) is 0 Å². The summed E-state index contributed by atoms with van der Waals surface area (Å²) in [5.41, 5.74) is 5.08. The Labute approximate surface area is 92.2 Å². The second kappa shape index (κ2) is 3.62. The van der Waals surface area contributed by atoms with Crippen molar-refractivity contribution in [3.05, 3.63) is 26.7 Å². The van der Waals surface area contributed by atoms with Crippen LogP contribution in [0.3, 0.4) is 0 Å². The first-order valence-corrected chi connectivity index (χ1v) is 4.73. The number of hydrogen-bond acceptors (Lipinski definition) is 1. The number of nitrogens with two attached hydrogens (primary N) is 1. The van der Waals surface area contributed by atoms with Crippen LogP contribution in [0, 0.1) is 6.92 Å². The Morgan fingerprint density at radius 3 is 2.36 bits per heavy atom. The Bertz CT molecular complexity index is 376. The average molecular weight is 288 g/mol. The van der Waals surface area contributed by atoms with E-state index in [-0.39, 0.29) is 15.2 Å². The zero-order chi connectivity index (χ0) is 11.1. The van der Waals surface area contributed by atoms with Gasteiger partial charge in [0, 0.05) is 5.69 Å². The maximum absolute atomic E-state index is 12.5. The van der Waals surface area contributed by atoms with Crippen molar-refractivity contribution in [1.29, 1.82) is 0 Å². The fourth-order valence-corrected chi connectivity index (χ4v) is 2.24. The van der Waals surface area contributed by atoms with Gasteiger partial charge in [-0.05, 0) is 34.5 Å². The number of nitrogen functional groups attached to an aromatic ring is 1. The molecule has 78 valence electrons. The number of aryl methyl sites for hydroxylation is 1. The summed E-state index contributed by atoms with van der Waals surface area (Å²) >= 11 is 8.27. The summed E-state index contributed by atoms with van der Waals surface area (Å²) in [6, 6.07) is 1.20. The molecule has 2 N–H and O–H groups in total. The molecule has 1 rings (SSSR count). The number of anilines is 1. The summed E-state index contributed by atoms with van der Waals surface area (Å²) in [6.07, 6.45) is -4.50. The second-order valence-electron chi connectivity index (χ2n) is 2.78. The first-order chi connectivity index (χ1) is 6.25. The van der Waals surface area contributed by atoms with Gasteiger partial charge in [-0.2, -0.15) is 13.2 Å². The highest BCUT2D eigenvalue weighted by atomic mass is 79.9. The topological polar surface area (TPSA) is 26.0 Å². The molecule has 0 aliphatic carbocycles. The van der Waals surface area contributed by atoms with Crippen molar-refractivity contribution in [3.8, 4) is 0 Å². The largest absolute Gasteiger partial charge is 0.419 e. The smallest absolute Gasteiger partial charge is 0.398 e. The van der Waals surface area contributed by atoms with E-state index in [1.807, 2.05) is 0 Å². The van der Waals surface area contributed by atoms with Gasteiger partial charge in [-0.1, -0.05) is 11.6 Å². The lowest BCUT2D eigenvalue weighted by atomic mass is 10.1. The van der Waals surface area contributed by atoms with Crippen LogP contribution in [-0.2, 0) is 6.18 Å². The van der Waals surface area contributed by atoms with Crippen molar-refractivity contribution in [2.75, 3.05) is 5.73 Å². The Hall–Kier alpha value is -0.420. The van der Waals surface area contributed by atoms with E-state index in [1.54, 1.807) is 6.92 Å². The lowest BCUT2D eigenvalue weighted by Crippen LogP contribution is -2.09. The number of hydrogen-bond donors (Lipinski definition) is 1. The van der Waals surface area contributed by atoms with Crippen LogP contribution in [0.5, 0.6) is 0 Å². The summed E-state index contributed by atoms with van der Waals surface area (Å²) < 4.78 is 37.2. The molecule has 14 heavy (non-hydrogen) atoms. The van der Waals surface area contributed by atoms with Gasteiger partial charge in [0.05, 0.1) is 15.1 Å². The zero-order valence-corrected chi connectivity index (χ0v) is 9.39. The Balaban J connectivity index is 3.53. The molecule has 0 aromatic heterocycles. The van der Waals surface area contributed by atoms with Gasteiger partial charge in [0.15, 0.2) is 0 Å². The van der Waals surface area contributed by atoms with E-state index < -0.39 is 11.7 Å². The predicted octanol–water partition coefficient (Wildman–Crippen LogP) is 4.01. The summed E-state index contributed by atoms with van der Waals surface area (Å²) in [5, 5.41) is -0.351. The van der Waals surface area contributed by atoms with Crippen molar-refractivity contribution < 1.29 is 13.2 Å². The van der Waals surface area contributed by atoms with Crippen LogP contribution >= 0.6 is 27.5 Å². The molecular weight excluding hydrogens is 282 g/mol. The Morgan fingerprint density at radius 1 is 1.43 bits per heavy atom. The van der Waals surface area contributed by atoms with Gasteiger partial charge in [-0.25, -0.2) is 0 Å². The molecule has 0 saturated carbocycles. The van der Waals surface area contributed by atoms with Crippen LogP contribution in [-0.4, -0.2) is 0 Å². The molecule has 0 heterocycles. The van der Waals surface area contributed by atoms with Crippen LogP contribution in [0.25, 0.3) is 0 Å². The summed E-state index contributed by atoms with van der Waals surface area (Å²) in [5.74, 6) is 0. The molecule has 0 atom stereocenters. The lowest BCUT2D eigenvalue weighted by molar-refractivity contribution is -0.138. The number of benzene rings is 1. The monoisotopic (exact) mass is 287 g/mol. The molecular formula is C8H6BrClF3N. The van der Waals surface area contributed by atoms with E-state index in [1.165, 1.54) is 6.07 Å². The second-order valence-corrected chi connectivity index (χ2v) is 3.98. The lowest BCUT2D eigenvalue weighted by Gasteiger charge is -2.14. The van der Waals surface area contributed by atoms with E-state index in [2.05, 4.69) is 15.9 Å². The molecule has 0 aliphatic rings. The van der Waals surface area contributed by atoms with Crippen LogP contribution < -0.4 is 5.73 Å². The minimum atomic E-state index is -4.50. The fourth-order valence-electron chi connectivity index (χ4n) is 1.01. The van der Waals surface area contributed by atoms with E-state index >= 15 is 0 Å². The highest BCUT2D eigenvalue weighted by molar-refractivity contribution is 9.10. The standard InChI is InChI=1S/C8H6BrClF3N/c1-3-2-4(10)5(8(11,12)13)6(9)7(3)14/h2H,14H2,1H3. The molecule has 1 aromatic rings. The third-order valence-electron chi connectivity index (χ3n) is 1.75. The van der Waals surface area contributed by atoms with Gasteiger partial charge in [0.2, 0.25) is 0 Å². The molecule has 0 spiro atoms. The average Bonchev–Trinajstić information content (AvgIpc) is 1.97. The number of halogens is 5. The third kappa shape index (κ3) is 1.98. The van der Waals surface area contributed by atoms with Gasteiger partial charge < -0.3 is 5.73 Å². The van der Waals surface area contributed by atoms with Crippen LogP contribution in [0.2, 0.25) is 5.02 Å². The molecule has 0 fully saturated rings. The predicted molar refractivity (Wildman–Crippen MR) is 53.3 cm³/mol. The quantitative estimate of drug-likeness (QED) is 0.717. The van der Waals surface area contributed by atoms with Crippen molar-refractivity contribution in [2.45, 2.75) is 13.1 Å². The molecule has 0 bridgehead atoms. The van der Waals surface area contributed by atoms with Crippen molar-refractivity contribution in [1.82, 2.24) is 0 Å². The number of alkyl halides is 3. The maximum atomic E-state index is 12.5. The van der Waals surface area contributed by atoms with Gasteiger partial charge >= 0.3 is 6.18 Å². The van der Waals surface area contributed by atoms with Gasteiger partial charge in [0.1, 0.15) is 0 Å². The van der Waals surface area contributed by atoms with E-state index in [9.17, 15) is 13.2 Å². The van der Waals surface area contributed by atoms with E-state index in [0.29, 0.717) is 5.56 Å². The van der Waals surface area contributed by atoms with Crippen molar-refractivity contribution in [2.24, 2.45) is 0 Å². The Morgan fingerprint density at radius 2 is 1.93 bits per heavy atom. The Kier molecular flexibility index (Phi) is 3.02. The summed E-state index contributed by atoms with van der Waals surface area (Å²) in [7, 11) is 0. The van der Waals surface area contributed by atoms with Crippen LogP contribution in [0.15, 0.2) is 10.5 Å². The summed E-state index contributed by atoms with van der Waals surface area (Å²) in [6.45, 7) is 1.59. The third-order valence-corrected chi connectivity index (χ3v) is 2.87. The molecule has 1 aromatic carbocycles. The molecule has 1 nitrogen and oxygen atoms in total. The zero-order valence-electron chi connectivity index (χ0n) is 7.04. The molecule has 0 amide bonds. The van der Waals surface area contributed by atoms with E-state index in [4.69, 9.17) is 17.3 Å². The highest BCUT2D eigenvalue weighted by Crippen LogP contribution is 2.43. The first kappa shape index (κ1) is 11.7. The molecule has 0 aliphatic heterocycles. The molecule has 0 unspecified atom stereocenters. The SMILES string of the molecule is Cc1cc(Cl)c(C(F)(F)F)c(Br)c1N. The maximum Gasteiger partial charge on any atom is 0.419 e. The number of rotatable bonds is 0. The first-order valence-electron chi connectivity index (χ1n) is 3.56. The van der Waals surface area contributed by atoms with Gasteiger partial charge in [0.25, 0.3) is 0 Å². The molecule has 0 radical (unpaired) electrons. The van der Waals surface area contributed by atoms with Gasteiger partial charge in [-0.15, -0.1) is 0 Å². The molecule has 0 saturated heterocycles. The summed E-state index contributed by atoms with van der Waals surface area (Å²) in [4.78, 5) is 0. The van der Waals surface area contributed by atoms with Crippen LogP contribution in [0.4, 0.5) is 18.9 Å². The van der Waals surface area contributed by atoms with Crippen molar-refractivity contribution >= 4 is 33.2 Å². The fraction of sp³-hybridized carbons (Fsp3) is 0.250. The highest BCUT2D eigenvalue weighted by Gasteiger charge is 2.36. The van der Waals surface area contributed by atoms with E-state index in [0.717, 1.165) is 0 Å². The minimum absolute atomic E-state index is 0.0572. The van der Waals surface area contributed by atoms with Gasteiger partial charge in [-0.3, -0.25) is 0 Å². The minimum Gasteiger partial charge on any atom is -0.398 e. The van der Waals surface area contributed by atoms with Crippen LogP contribution in [0.1, 0.15) is 11.1 Å². The molecule has 6 heteroatoms. The normalized spacial score (nSPS) is 11.9.